The number of carbonyl (C=O) groups is 3. The molecular formula is C28H42N4O4. The Morgan fingerprint density at radius 2 is 1.67 bits per heavy atom. The first-order valence-electron chi connectivity index (χ1n) is 13.3. The van der Waals surface area contributed by atoms with E-state index >= 15 is 0 Å². The number of allylic oxidation sites excluding steroid dienone is 1. The Hall–Kier alpha value is -2.87. The summed E-state index contributed by atoms with van der Waals surface area (Å²) < 4.78 is 0. The SMILES string of the molecule is CCN(CC)c1ccc(NC(=O)[C@@H]2[C@H]3C=C[C@@H](C)[C@@H](C(=O)NC)[C@@H]3C(=O)N2CCCCCCO)cc1. The molecule has 0 bridgehead atoms. The van der Waals surface area contributed by atoms with E-state index in [1.807, 2.05) is 43.3 Å². The predicted molar refractivity (Wildman–Crippen MR) is 143 cm³/mol. The van der Waals surface area contributed by atoms with Gasteiger partial charge in [0.2, 0.25) is 17.7 Å². The first-order valence-corrected chi connectivity index (χ1v) is 13.3. The summed E-state index contributed by atoms with van der Waals surface area (Å²) in [6, 6.07) is 7.11. The van der Waals surface area contributed by atoms with Crippen LogP contribution in [0.4, 0.5) is 11.4 Å². The second-order valence-corrected chi connectivity index (χ2v) is 9.81. The number of nitrogens with one attached hydrogen (secondary N) is 2. The van der Waals surface area contributed by atoms with Crippen LogP contribution in [-0.2, 0) is 14.4 Å². The first-order chi connectivity index (χ1) is 17.4. The van der Waals surface area contributed by atoms with Gasteiger partial charge in [-0.3, -0.25) is 14.4 Å². The highest BCUT2D eigenvalue weighted by atomic mass is 16.3. The number of likely N-dealkylation sites (tertiary alicyclic amines) is 1. The Morgan fingerprint density at radius 1 is 1.00 bits per heavy atom. The van der Waals surface area contributed by atoms with E-state index in [4.69, 9.17) is 5.11 Å². The van der Waals surface area contributed by atoms with E-state index in [1.165, 1.54) is 0 Å². The van der Waals surface area contributed by atoms with Crippen molar-refractivity contribution in [1.29, 1.82) is 0 Å². The number of carbonyl (C=O) groups excluding carboxylic acids is 3. The van der Waals surface area contributed by atoms with Crippen molar-refractivity contribution in [2.45, 2.75) is 52.5 Å². The largest absolute Gasteiger partial charge is 0.396 e. The maximum atomic E-state index is 13.7. The molecule has 3 rings (SSSR count). The van der Waals surface area contributed by atoms with E-state index in [0.717, 1.165) is 44.5 Å². The summed E-state index contributed by atoms with van der Waals surface area (Å²) in [4.78, 5) is 44.0. The molecular weight excluding hydrogens is 456 g/mol. The first kappa shape index (κ1) is 27.7. The molecule has 0 aromatic heterocycles. The minimum absolute atomic E-state index is 0.0870. The number of aliphatic hydroxyl groups excluding tert-OH is 1. The Balaban J connectivity index is 1.84. The highest BCUT2D eigenvalue weighted by molar-refractivity contribution is 6.02. The lowest BCUT2D eigenvalue weighted by molar-refractivity contribution is -0.140. The van der Waals surface area contributed by atoms with Crippen LogP contribution in [-0.4, -0.2) is 67.1 Å². The monoisotopic (exact) mass is 498 g/mol. The zero-order valence-electron chi connectivity index (χ0n) is 22.1. The van der Waals surface area contributed by atoms with Crippen LogP contribution in [0.15, 0.2) is 36.4 Å². The van der Waals surface area contributed by atoms with Crippen molar-refractivity contribution in [2.24, 2.45) is 23.7 Å². The average Bonchev–Trinajstić information content (AvgIpc) is 3.16. The van der Waals surface area contributed by atoms with Gasteiger partial charge in [-0.1, -0.05) is 31.9 Å². The van der Waals surface area contributed by atoms with Gasteiger partial charge < -0.3 is 25.5 Å². The zero-order valence-corrected chi connectivity index (χ0v) is 22.1. The molecule has 1 fully saturated rings. The fourth-order valence-corrected chi connectivity index (χ4v) is 5.71. The standard InChI is InChI=1S/C28H42N4O4/c1-5-31(6-2)21-14-12-20(13-15-21)30-27(35)25-22-16-11-19(3)23(26(34)29-4)24(22)28(36)32(25)17-9-7-8-10-18-33/h11-16,19,22-25,33H,5-10,17-18H2,1-4H3,(H,29,34)(H,30,35)/t19-,22+,23-,24-,25+/m1/s1. The van der Waals surface area contributed by atoms with E-state index in [9.17, 15) is 14.4 Å². The molecule has 2 aliphatic rings. The average molecular weight is 499 g/mol. The summed E-state index contributed by atoms with van der Waals surface area (Å²) in [6.45, 7) is 8.58. The van der Waals surface area contributed by atoms with Crippen molar-refractivity contribution in [3.8, 4) is 0 Å². The minimum atomic E-state index is -0.668. The molecule has 1 aliphatic heterocycles. The third kappa shape index (κ3) is 5.91. The second-order valence-electron chi connectivity index (χ2n) is 9.81. The molecule has 8 heteroatoms. The van der Waals surface area contributed by atoms with Gasteiger partial charge in [0.1, 0.15) is 6.04 Å². The van der Waals surface area contributed by atoms with Gasteiger partial charge in [-0.2, -0.15) is 0 Å². The molecule has 1 aromatic carbocycles. The third-order valence-corrected chi connectivity index (χ3v) is 7.66. The topological polar surface area (TPSA) is 102 Å². The molecule has 0 radical (unpaired) electrons. The van der Waals surface area contributed by atoms with Gasteiger partial charge in [0.25, 0.3) is 0 Å². The number of anilines is 2. The Labute approximate surface area is 215 Å². The fourth-order valence-electron chi connectivity index (χ4n) is 5.71. The number of unbranched alkanes of at least 4 members (excludes halogenated alkanes) is 3. The lowest BCUT2D eigenvalue weighted by atomic mass is 9.70. The Kier molecular flexibility index (Phi) is 9.93. The molecule has 1 aromatic rings. The van der Waals surface area contributed by atoms with Gasteiger partial charge in [-0.25, -0.2) is 0 Å². The number of benzene rings is 1. The van der Waals surface area contributed by atoms with Gasteiger partial charge in [0.05, 0.1) is 11.8 Å². The van der Waals surface area contributed by atoms with E-state index in [0.29, 0.717) is 12.2 Å². The number of fused-ring (bicyclic) bond motifs is 1. The lowest BCUT2D eigenvalue weighted by Gasteiger charge is -2.32. The number of hydrogen-bond acceptors (Lipinski definition) is 5. The van der Waals surface area contributed by atoms with Crippen LogP contribution in [0.25, 0.3) is 0 Å². The van der Waals surface area contributed by atoms with Crippen molar-refractivity contribution in [3.63, 3.8) is 0 Å². The number of amides is 3. The molecule has 0 unspecified atom stereocenters. The quantitative estimate of drug-likeness (QED) is 0.304. The minimum Gasteiger partial charge on any atom is -0.396 e. The van der Waals surface area contributed by atoms with Crippen molar-refractivity contribution in [2.75, 3.05) is 43.5 Å². The van der Waals surface area contributed by atoms with E-state index in [-0.39, 0.29) is 36.2 Å². The normalized spacial score (nSPS) is 25.0. The van der Waals surface area contributed by atoms with Crippen molar-refractivity contribution in [1.82, 2.24) is 10.2 Å². The second kappa shape index (κ2) is 12.9. The van der Waals surface area contributed by atoms with Crippen LogP contribution in [0, 0.1) is 23.7 Å². The highest BCUT2D eigenvalue weighted by Gasteiger charge is 2.56. The number of aliphatic hydroxyl groups is 1. The van der Waals surface area contributed by atoms with E-state index in [1.54, 1.807) is 11.9 Å². The molecule has 1 heterocycles. The van der Waals surface area contributed by atoms with Crippen molar-refractivity contribution >= 4 is 29.1 Å². The molecule has 1 aliphatic carbocycles. The van der Waals surface area contributed by atoms with Crippen LogP contribution in [0.2, 0.25) is 0 Å². The van der Waals surface area contributed by atoms with E-state index < -0.39 is 17.9 Å². The smallest absolute Gasteiger partial charge is 0.247 e. The summed E-state index contributed by atoms with van der Waals surface area (Å²) in [5.41, 5.74) is 1.78. The van der Waals surface area contributed by atoms with Crippen LogP contribution in [0.3, 0.4) is 0 Å². The molecule has 0 saturated carbocycles. The van der Waals surface area contributed by atoms with E-state index in [2.05, 4.69) is 29.4 Å². The number of hydrogen-bond donors (Lipinski definition) is 3. The zero-order chi connectivity index (χ0) is 26.2. The molecule has 0 spiro atoms. The van der Waals surface area contributed by atoms with Gasteiger partial charge in [0, 0.05) is 50.6 Å². The molecule has 198 valence electrons. The molecule has 5 atom stereocenters. The van der Waals surface area contributed by atoms with Gasteiger partial charge in [-0.05, 0) is 56.9 Å². The van der Waals surface area contributed by atoms with Gasteiger partial charge in [-0.15, -0.1) is 0 Å². The Bertz CT molecular complexity index is 928. The van der Waals surface area contributed by atoms with Crippen LogP contribution in [0.1, 0.15) is 46.5 Å². The van der Waals surface area contributed by atoms with Gasteiger partial charge >= 0.3 is 0 Å². The fraction of sp³-hybridized carbons (Fsp3) is 0.607. The Morgan fingerprint density at radius 3 is 2.28 bits per heavy atom. The molecule has 3 N–H and O–H groups in total. The predicted octanol–water partition coefficient (Wildman–Crippen LogP) is 3.04. The van der Waals surface area contributed by atoms with Gasteiger partial charge in [0.15, 0.2) is 0 Å². The summed E-state index contributed by atoms with van der Waals surface area (Å²) in [7, 11) is 1.59. The van der Waals surface area contributed by atoms with Crippen LogP contribution in [0.5, 0.6) is 0 Å². The molecule has 1 saturated heterocycles. The van der Waals surface area contributed by atoms with Crippen molar-refractivity contribution < 1.29 is 19.5 Å². The summed E-state index contributed by atoms with van der Waals surface area (Å²) in [5.74, 6) is -2.00. The molecule has 36 heavy (non-hydrogen) atoms. The lowest BCUT2D eigenvalue weighted by Crippen LogP contribution is -2.45. The summed E-state index contributed by atoms with van der Waals surface area (Å²) in [5, 5.41) is 14.8. The summed E-state index contributed by atoms with van der Waals surface area (Å²) >= 11 is 0. The maximum absolute atomic E-state index is 13.7. The number of rotatable bonds is 12. The van der Waals surface area contributed by atoms with Crippen molar-refractivity contribution in [3.05, 3.63) is 36.4 Å². The summed E-state index contributed by atoms with van der Waals surface area (Å²) in [6.07, 6.45) is 7.15. The third-order valence-electron chi connectivity index (χ3n) is 7.66. The highest BCUT2D eigenvalue weighted by Crippen LogP contribution is 2.44. The number of nitrogens with zero attached hydrogens (tertiary/aromatic N) is 2. The van der Waals surface area contributed by atoms with Crippen LogP contribution >= 0.6 is 0 Å². The maximum Gasteiger partial charge on any atom is 0.247 e. The molecule has 8 nitrogen and oxygen atoms in total. The van der Waals surface area contributed by atoms with Crippen LogP contribution < -0.4 is 15.5 Å². The molecule has 3 amide bonds.